The van der Waals surface area contributed by atoms with Crippen LogP contribution >= 0.6 is 0 Å². The second kappa shape index (κ2) is 10.2. The van der Waals surface area contributed by atoms with Crippen LogP contribution in [0.4, 0.5) is 0 Å². The van der Waals surface area contributed by atoms with Crippen molar-refractivity contribution in [2.75, 3.05) is 0 Å². The highest BCUT2D eigenvalue weighted by atomic mass is 14.1. The predicted molar refractivity (Wildman–Crippen MR) is 148 cm³/mol. The number of rotatable bonds is 6. The molecule has 4 aromatic rings. The van der Waals surface area contributed by atoms with Gasteiger partial charge in [0.15, 0.2) is 0 Å². The first-order valence-electron chi connectivity index (χ1n) is 10.5. The second-order valence-electron chi connectivity index (χ2n) is 7.33. The molecule has 0 aliphatic rings. The van der Waals surface area contributed by atoms with Gasteiger partial charge in [-0.05, 0) is 79.2 Å². The van der Waals surface area contributed by atoms with Gasteiger partial charge in [0.2, 0.25) is 0 Å². The van der Waals surface area contributed by atoms with E-state index in [1.54, 1.807) is 0 Å². The van der Waals surface area contributed by atoms with Gasteiger partial charge < -0.3 is 0 Å². The topological polar surface area (TPSA) is 0 Å². The molecule has 0 aliphatic carbocycles. The summed E-state index contributed by atoms with van der Waals surface area (Å²) in [5.74, 6) is 0. The van der Waals surface area contributed by atoms with E-state index in [0.29, 0.717) is 0 Å². The van der Waals surface area contributed by atoms with E-state index in [1.807, 2.05) is 48.6 Å². The van der Waals surface area contributed by atoms with Crippen LogP contribution < -0.4 is 0 Å². The largest absolute Gasteiger partial charge is 0.0985 e. The Morgan fingerprint density at radius 1 is 0.375 bits per heavy atom. The van der Waals surface area contributed by atoms with Gasteiger partial charge in [-0.25, -0.2) is 0 Å². The zero-order chi connectivity index (χ0) is 23.1. The molecule has 0 N–H and O–H groups in total. The van der Waals surface area contributed by atoms with Crippen molar-refractivity contribution in [2.24, 2.45) is 0 Å². The second-order valence-corrected chi connectivity index (χ2v) is 7.33. The quantitative estimate of drug-likeness (QED) is 0.296. The normalized spacial score (nSPS) is 10.0. The molecule has 0 heteroatoms. The van der Waals surface area contributed by atoms with Crippen LogP contribution in [0.5, 0.6) is 0 Å². The van der Waals surface area contributed by atoms with Gasteiger partial charge in [0.05, 0.1) is 0 Å². The van der Waals surface area contributed by atoms with Crippen molar-refractivity contribution in [3.05, 3.63) is 134 Å². The Labute approximate surface area is 191 Å². The minimum absolute atomic E-state index is 1.11. The van der Waals surface area contributed by atoms with E-state index in [-0.39, 0.29) is 0 Å². The van der Waals surface area contributed by atoms with Crippen LogP contribution in [-0.4, -0.2) is 0 Å². The summed E-state index contributed by atoms with van der Waals surface area (Å²) in [5.41, 5.74) is 6.77. The van der Waals surface area contributed by atoms with Crippen LogP contribution in [0.3, 0.4) is 0 Å². The van der Waals surface area contributed by atoms with Gasteiger partial charge in [-0.3, -0.25) is 0 Å². The molecule has 156 valence electrons. The molecule has 0 spiro atoms. The molecular weight excluding hydrogens is 384 g/mol. The van der Waals surface area contributed by atoms with Gasteiger partial charge in [-0.15, -0.1) is 0 Å². The maximum absolute atomic E-state index is 3.85. The molecule has 4 rings (SSSR count). The molecule has 4 aromatic carbocycles. The Hall–Kier alpha value is -4.16. The summed E-state index contributed by atoms with van der Waals surface area (Å²) in [6, 6.07) is 20.9. The molecule has 0 amide bonds. The molecule has 0 heterocycles. The molecule has 0 bridgehead atoms. The Kier molecular flexibility index (Phi) is 7.21. The lowest BCUT2D eigenvalue weighted by atomic mass is 9.97. The zero-order valence-electron chi connectivity index (χ0n) is 18.5. The van der Waals surface area contributed by atoms with E-state index in [4.69, 9.17) is 0 Å². The van der Waals surface area contributed by atoms with Crippen molar-refractivity contribution >= 4 is 58.0 Å². The molecule has 0 saturated heterocycles. The van der Waals surface area contributed by atoms with Gasteiger partial charge in [0, 0.05) is 0 Å². The van der Waals surface area contributed by atoms with Crippen molar-refractivity contribution in [1.29, 1.82) is 0 Å². The van der Waals surface area contributed by atoms with Crippen LogP contribution in [0.1, 0.15) is 33.4 Å². The Balaban J connectivity index is 0.000000181. The molecule has 32 heavy (non-hydrogen) atoms. The summed E-state index contributed by atoms with van der Waals surface area (Å²) < 4.78 is 0. The maximum Gasteiger partial charge on any atom is -0.00997 e. The minimum atomic E-state index is 1.11. The van der Waals surface area contributed by atoms with E-state index in [0.717, 1.165) is 33.4 Å². The summed E-state index contributed by atoms with van der Waals surface area (Å²) in [5, 5.41) is 4.81. The van der Waals surface area contributed by atoms with Gasteiger partial charge in [-0.2, -0.15) is 0 Å². The molecule has 0 aliphatic heterocycles. The molecular formula is C32H28. The van der Waals surface area contributed by atoms with Crippen LogP contribution in [0.25, 0.3) is 58.0 Å². The van der Waals surface area contributed by atoms with Crippen LogP contribution in [0, 0.1) is 0 Å². The first kappa shape index (κ1) is 22.5. The Bertz CT molecular complexity index is 1250. The molecule has 0 fully saturated rings. The molecule has 0 aromatic heterocycles. The Morgan fingerprint density at radius 2 is 0.750 bits per heavy atom. The number of fused-ring (bicyclic) bond motifs is 2. The first-order valence-corrected chi connectivity index (χ1v) is 10.5. The first-order chi connectivity index (χ1) is 15.6. The molecule has 0 radical (unpaired) electrons. The van der Waals surface area contributed by atoms with Crippen molar-refractivity contribution < 1.29 is 0 Å². The monoisotopic (exact) mass is 412 g/mol. The molecule has 0 atom stereocenters. The summed E-state index contributed by atoms with van der Waals surface area (Å²) in [4.78, 5) is 0. The highest BCUT2D eigenvalue weighted by molar-refractivity contribution is 5.98. The van der Waals surface area contributed by atoms with Gasteiger partial charge in [0.25, 0.3) is 0 Å². The van der Waals surface area contributed by atoms with Crippen molar-refractivity contribution in [2.45, 2.75) is 0 Å². The smallest absolute Gasteiger partial charge is 0.00997 e. The zero-order valence-corrected chi connectivity index (χ0v) is 18.5. The highest BCUT2D eigenvalue weighted by Gasteiger charge is 2.04. The lowest BCUT2D eigenvalue weighted by Crippen LogP contribution is -1.84. The molecule has 0 nitrogen and oxygen atoms in total. The maximum atomic E-state index is 3.85. The standard InChI is InChI=1S/2C16H14/c2*1-4-12-10-14(6-3)15-9-7-8-13(5-2)16(15)11-12/h2*4-11H,1-3H2. The van der Waals surface area contributed by atoms with E-state index >= 15 is 0 Å². The van der Waals surface area contributed by atoms with Crippen molar-refractivity contribution in [1.82, 2.24) is 0 Å². The van der Waals surface area contributed by atoms with Gasteiger partial charge >= 0.3 is 0 Å². The van der Waals surface area contributed by atoms with Crippen LogP contribution in [-0.2, 0) is 0 Å². The van der Waals surface area contributed by atoms with Crippen LogP contribution in [0.2, 0.25) is 0 Å². The third-order valence-electron chi connectivity index (χ3n) is 5.52. The fraction of sp³-hybridized carbons (Fsp3) is 0. The fourth-order valence-electron chi connectivity index (χ4n) is 3.85. The van der Waals surface area contributed by atoms with Crippen molar-refractivity contribution in [3.8, 4) is 0 Å². The van der Waals surface area contributed by atoms with E-state index in [1.165, 1.54) is 21.5 Å². The third-order valence-corrected chi connectivity index (χ3v) is 5.52. The van der Waals surface area contributed by atoms with Crippen molar-refractivity contribution in [3.63, 3.8) is 0 Å². The number of benzene rings is 4. The summed E-state index contributed by atoms with van der Waals surface area (Å²) in [6.45, 7) is 23.0. The summed E-state index contributed by atoms with van der Waals surface area (Å²) >= 11 is 0. The van der Waals surface area contributed by atoms with E-state index in [2.05, 4.69) is 88.0 Å². The van der Waals surface area contributed by atoms with Gasteiger partial charge in [-0.1, -0.05) is 112 Å². The molecule has 0 unspecified atom stereocenters. The lowest BCUT2D eigenvalue weighted by molar-refractivity contribution is 1.66. The highest BCUT2D eigenvalue weighted by Crippen LogP contribution is 2.27. The number of hydrogen-bond donors (Lipinski definition) is 0. The third kappa shape index (κ3) is 4.45. The van der Waals surface area contributed by atoms with Crippen LogP contribution in [0.15, 0.2) is 100 Å². The Morgan fingerprint density at radius 3 is 1.06 bits per heavy atom. The average molecular weight is 413 g/mol. The SMILES string of the molecule is C=Cc1cc(C=C)c2cccc(C=C)c2c1.C=Cc1cc(C=C)c2cccc(C=C)c2c1. The van der Waals surface area contributed by atoms with E-state index in [9.17, 15) is 0 Å². The average Bonchev–Trinajstić information content (AvgIpc) is 2.86. The fourth-order valence-corrected chi connectivity index (χ4v) is 3.85. The summed E-state index contributed by atoms with van der Waals surface area (Å²) in [6.07, 6.45) is 11.2. The van der Waals surface area contributed by atoms with E-state index < -0.39 is 0 Å². The minimum Gasteiger partial charge on any atom is -0.0985 e. The van der Waals surface area contributed by atoms with Gasteiger partial charge in [0.1, 0.15) is 0 Å². The predicted octanol–water partition coefficient (Wildman–Crippen LogP) is 9.54. The summed E-state index contributed by atoms with van der Waals surface area (Å²) in [7, 11) is 0. The lowest BCUT2D eigenvalue weighted by Gasteiger charge is -2.07. The number of hydrogen-bond acceptors (Lipinski definition) is 0. The molecule has 0 saturated carbocycles.